The highest BCUT2D eigenvalue weighted by atomic mass is 16.6. The Morgan fingerprint density at radius 2 is 1.76 bits per heavy atom. The summed E-state index contributed by atoms with van der Waals surface area (Å²) in [7, 11) is 0. The number of carbonyl (C=O) groups excluding carboxylic acids is 1. The van der Waals surface area contributed by atoms with E-state index >= 15 is 0 Å². The van der Waals surface area contributed by atoms with Gasteiger partial charge in [0.15, 0.2) is 6.10 Å². The lowest BCUT2D eigenvalue weighted by Gasteiger charge is -2.35. The number of nitrogens with zero attached hydrogens (tertiary/aromatic N) is 1. The molecule has 1 amide bonds. The molecule has 2 aromatic carbocycles. The summed E-state index contributed by atoms with van der Waals surface area (Å²) < 4.78 is 11.3. The number of carbonyl (C=O) groups is 1. The van der Waals surface area contributed by atoms with Gasteiger partial charge in [0, 0.05) is 12.2 Å². The monoisotopic (exact) mass is 339 g/mol. The van der Waals surface area contributed by atoms with Gasteiger partial charge in [-0.2, -0.15) is 0 Å². The molecule has 2 saturated heterocycles. The number of hydrogen-bond donors (Lipinski definition) is 1. The molecule has 0 unspecified atom stereocenters. The summed E-state index contributed by atoms with van der Waals surface area (Å²) in [4.78, 5) is 14.0. The van der Waals surface area contributed by atoms with E-state index in [2.05, 4.69) is 0 Å². The van der Waals surface area contributed by atoms with Crippen molar-refractivity contribution in [1.29, 1.82) is 0 Å². The van der Waals surface area contributed by atoms with Crippen LogP contribution in [0.4, 0.5) is 4.79 Å². The topological polar surface area (TPSA) is 59.0 Å². The molecule has 25 heavy (non-hydrogen) atoms. The average Bonchev–Trinajstić information content (AvgIpc) is 3.26. The van der Waals surface area contributed by atoms with Crippen molar-refractivity contribution in [2.24, 2.45) is 0 Å². The lowest BCUT2D eigenvalue weighted by molar-refractivity contribution is -0.118. The van der Waals surface area contributed by atoms with Crippen LogP contribution in [0.2, 0.25) is 0 Å². The first-order valence-electron chi connectivity index (χ1n) is 8.62. The van der Waals surface area contributed by atoms with Gasteiger partial charge in [-0.1, -0.05) is 60.7 Å². The van der Waals surface area contributed by atoms with Crippen molar-refractivity contribution < 1.29 is 19.4 Å². The van der Waals surface area contributed by atoms with E-state index in [0.29, 0.717) is 18.7 Å². The molecule has 3 atom stereocenters. The van der Waals surface area contributed by atoms with E-state index in [-0.39, 0.29) is 6.10 Å². The van der Waals surface area contributed by atoms with Crippen LogP contribution >= 0.6 is 0 Å². The van der Waals surface area contributed by atoms with Gasteiger partial charge < -0.3 is 14.6 Å². The zero-order valence-corrected chi connectivity index (χ0v) is 13.9. The van der Waals surface area contributed by atoms with Gasteiger partial charge in [-0.15, -0.1) is 0 Å². The molecule has 2 aliphatic rings. The lowest BCUT2D eigenvalue weighted by atomic mass is 9.91. The van der Waals surface area contributed by atoms with E-state index in [4.69, 9.17) is 9.47 Å². The van der Waals surface area contributed by atoms with Crippen molar-refractivity contribution in [1.82, 2.24) is 4.90 Å². The van der Waals surface area contributed by atoms with Crippen LogP contribution in [0.25, 0.3) is 0 Å². The third-order valence-corrected chi connectivity index (χ3v) is 4.93. The zero-order chi connectivity index (χ0) is 17.3. The summed E-state index contributed by atoms with van der Waals surface area (Å²) in [6, 6.07) is 18.6. The molecule has 0 spiro atoms. The van der Waals surface area contributed by atoms with Gasteiger partial charge in [0.2, 0.25) is 5.72 Å². The quantitative estimate of drug-likeness (QED) is 0.929. The maximum absolute atomic E-state index is 12.6. The summed E-state index contributed by atoms with van der Waals surface area (Å²) in [5.74, 6) is 0. The Labute approximate surface area is 146 Å². The Bertz CT molecular complexity index is 730. The summed E-state index contributed by atoms with van der Waals surface area (Å²) in [5, 5.41) is 11.7. The van der Waals surface area contributed by atoms with Gasteiger partial charge >= 0.3 is 6.09 Å². The van der Waals surface area contributed by atoms with E-state index in [1.807, 2.05) is 60.7 Å². The van der Waals surface area contributed by atoms with Crippen LogP contribution in [0.1, 0.15) is 30.1 Å². The SMILES string of the molecule is O=C1O[C@@H](c2ccccc2)[C@](O)(c2ccccc2)N1C[C@@H]1CCCO1. The van der Waals surface area contributed by atoms with Gasteiger partial charge in [-0.3, -0.25) is 4.90 Å². The highest BCUT2D eigenvalue weighted by Crippen LogP contribution is 2.46. The Kier molecular flexibility index (Phi) is 4.19. The van der Waals surface area contributed by atoms with Crippen LogP contribution in [-0.4, -0.2) is 35.4 Å². The smallest absolute Gasteiger partial charge is 0.413 e. The molecule has 5 nitrogen and oxygen atoms in total. The maximum Gasteiger partial charge on any atom is 0.413 e. The summed E-state index contributed by atoms with van der Waals surface area (Å²) in [5.41, 5.74) is -0.171. The molecule has 2 aromatic rings. The van der Waals surface area contributed by atoms with Gasteiger partial charge in [0.1, 0.15) is 0 Å². The van der Waals surface area contributed by atoms with Crippen LogP contribution in [0.3, 0.4) is 0 Å². The van der Waals surface area contributed by atoms with Crippen LogP contribution < -0.4 is 0 Å². The molecule has 5 heteroatoms. The Hall–Kier alpha value is -2.37. The predicted octanol–water partition coefficient (Wildman–Crippen LogP) is 3.20. The number of hydrogen-bond acceptors (Lipinski definition) is 4. The molecule has 2 heterocycles. The van der Waals surface area contributed by atoms with Gasteiger partial charge in [0.05, 0.1) is 12.6 Å². The van der Waals surface area contributed by atoms with Crippen molar-refractivity contribution >= 4 is 6.09 Å². The van der Waals surface area contributed by atoms with E-state index in [1.165, 1.54) is 4.90 Å². The van der Waals surface area contributed by atoms with Gasteiger partial charge in [-0.25, -0.2) is 4.79 Å². The van der Waals surface area contributed by atoms with Gasteiger partial charge in [0.25, 0.3) is 0 Å². The molecule has 1 N–H and O–H groups in total. The molecular weight excluding hydrogens is 318 g/mol. The fraction of sp³-hybridized carbons (Fsp3) is 0.350. The minimum Gasteiger partial charge on any atom is -0.436 e. The lowest BCUT2D eigenvalue weighted by Crippen LogP contribution is -2.48. The fourth-order valence-electron chi connectivity index (χ4n) is 3.65. The van der Waals surface area contributed by atoms with Crippen molar-refractivity contribution in [3.63, 3.8) is 0 Å². The summed E-state index contributed by atoms with van der Waals surface area (Å²) >= 11 is 0. The molecule has 0 saturated carbocycles. The van der Waals surface area contributed by atoms with Crippen molar-refractivity contribution in [3.05, 3.63) is 71.8 Å². The van der Waals surface area contributed by atoms with Crippen LogP contribution in [-0.2, 0) is 15.2 Å². The van der Waals surface area contributed by atoms with E-state index in [9.17, 15) is 9.90 Å². The number of rotatable bonds is 4. The molecule has 4 rings (SSSR count). The first-order chi connectivity index (χ1) is 12.2. The molecule has 0 aromatic heterocycles. The second-order valence-electron chi connectivity index (χ2n) is 6.51. The number of benzene rings is 2. The second kappa shape index (κ2) is 6.50. The van der Waals surface area contributed by atoms with E-state index in [1.54, 1.807) is 0 Å². The van der Waals surface area contributed by atoms with Crippen molar-refractivity contribution in [2.75, 3.05) is 13.2 Å². The normalized spacial score (nSPS) is 29.0. The zero-order valence-electron chi connectivity index (χ0n) is 13.9. The fourth-order valence-corrected chi connectivity index (χ4v) is 3.65. The predicted molar refractivity (Wildman–Crippen MR) is 91.7 cm³/mol. The minimum absolute atomic E-state index is 0.0719. The van der Waals surface area contributed by atoms with Crippen molar-refractivity contribution in [3.8, 4) is 0 Å². The molecule has 0 bridgehead atoms. The average molecular weight is 339 g/mol. The summed E-state index contributed by atoms with van der Waals surface area (Å²) in [6.07, 6.45) is 0.474. The van der Waals surface area contributed by atoms with Crippen LogP contribution in [0, 0.1) is 0 Å². The number of cyclic esters (lactones) is 1. The maximum atomic E-state index is 12.6. The second-order valence-corrected chi connectivity index (χ2v) is 6.51. The number of ether oxygens (including phenoxy) is 2. The number of amides is 1. The highest BCUT2D eigenvalue weighted by Gasteiger charge is 2.56. The Morgan fingerprint density at radius 1 is 1.08 bits per heavy atom. The van der Waals surface area contributed by atoms with Crippen LogP contribution in [0.5, 0.6) is 0 Å². The Morgan fingerprint density at radius 3 is 2.40 bits per heavy atom. The molecule has 130 valence electrons. The van der Waals surface area contributed by atoms with Crippen LogP contribution in [0.15, 0.2) is 60.7 Å². The Balaban J connectivity index is 1.76. The van der Waals surface area contributed by atoms with E-state index in [0.717, 1.165) is 18.4 Å². The molecular formula is C20H21NO4. The molecule has 2 fully saturated rings. The van der Waals surface area contributed by atoms with Crippen molar-refractivity contribution in [2.45, 2.75) is 30.8 Å². The molecule has 0 radical (unpaired) electrons. The minimum atomic E-state index is -1.56. The third kappa shape index (κ3) is 2.79. The first-order valence-corrected chi connectivity index (χ1v) is 8.62. The highest BCUT2D eigenvalue weighted by molar-refractivity contribution is 5.72. The first kappa shape index (κ1) is 16.1. The standard InChI is InChI=1S/C20H21NO4/c22-19-21(14-17-12-7-13-24-17)20(23,16-10-5-2-6-11-16)18(25-19)15-8-3-1-4-9-15/h1-6,8-11,17-18,23H,7,12-14H2/t17-,18-,20+/m0/s1. The van der Waals surface area contributed by atoms with Gasteiger partial charge in [-0.05, 0) is 18.4 Å². The largest absolute Gasteiger partial charge is 0.436 e. The molecule has 2 aliphatic heterocycles. The number of aliphatic hydroxyl groups is 1. The van der Waals surface area contributed by atoms with E-state index < -0.39 is 17.9 Å². The third-order valence-electron chi connectivity index (χ3n) is 4.93. The molecule has 0 aliphatic carbocycles. The summed E-state index contributed by atoms with van der Waals surface area (Å²) in [6.45, 7) is 1.01.